The molecule has 2 nitrogen and oxygen atoms in total. The summed E-state index contributed by atoms with van der Waals surface area (Å²) >= 11 is 0. The largest absolute Gasteiger partial charge is 0.508 e. The Morgan fingerprint density at radius 2 is 1.94 bits per heavy atom. The molecule has 1 aromatic rings. The van der Waals surface area contributed by atoms with Crippen molar-refractivity contribution in [2.24, 2.45) is 0 Å². The number of hydrogen-bond acceptors (Lipinski definition) is 2. The molecule has 1 saturated carbocycles. The van der Waals surface area contributed by atoms with Gasteiger partial charge in [0, 0.05) is 19.1 Å². The van der Waals surface area contributed by atoms with E-state index in [-0.39, 0.29) is 0 Å². The molecule has 1 fully saturated rings. The minimum atomic E-state index is 0.410. The summed E-state index contributed by atoms with van der Waals surface area (Å²) in [6.45, 7) is 2.25. The fourth-order valence-corrected chi connectivity index (χ4v) is 3.14. The Kier molecular flexibility index (Phi) is 2.60. The number of phenols is 1. The summed E-state index contributed by atoms with van der Waals surface area (Å²) in [5.41, 5.74) is 2.75. The van der Waals surface area contributed by atoms with Gasteiger partial charge in [-0.05, 0) is 42.5 Å². The van der Waals surface area contributed by atoms with Gasteiger partial charge >= 0.3 is 0 Å². The monoisotopic (exact) mass is 217 g/mol. The predicted octanol–water partition coefficient (Wildman–Crippen LogP) is 2.69. The molecular formula is C14H19NO. The van der Waals surface area contributed by atoms with Crippen LogP contribution in [0.4, 0.5) is 0 Å². The lowest BCUT2D eigenvalue weighted by Crippen LogP contribution is -2.37. The van der Waals surface area contributed by atoms with Crippen molar-refractivity contribution in [1.29, 1.82) is 0 Å². The van der Waals surface area contributed by atoms with E-state index in [1.54, 1.807) is 0 Å². The summed E-state index contributed by atoms with van der Waals surface area (Å²) in [6.07, 6.45) is 6.67. The molecular weight excluding hydrogens is 198 g/mol. The molecule has 0 amide bonds. The summed E-state index contributed by atoms with van der Waals surface area (Å²) < 4.78 is 0. The first-order valence-electron chi connectivity index (χ1n) is 6.38. The summed E-state index contributed by atoms with van der Waals surface area (Å²) in [7, 11) is 0. The molecule has 0 aromatic heterocycles. The Bertz CT molecular complexity index is 382. The molecule has 2 aliphatic rings. The summed E-state index contributed by atoms with van der Waals surface area (Å²) in [4.78, 5) is 2.63. The molecule has 0 atom stereocenters. The molecule has 1 N–H and O–H groups in total. The van der Waals surface area contributed by atoms with Crippen molar-refractivity contribution < 1.29 is 5.11 Å². The molecule has 1 aromatic carbocycles. The normalized spacial score (nSPS) is 22.2. The van der Waals surface area contributed by atoms with Gasteiger partial charge in [0.25, 0.3) is 0 Å². The number of benzene rings is 1. The lowest BCUT2D eigenvalue weighted by molar-refractivity contribution is 0.181. The Hall–Kier alpha value is -1.02. The third-order valence-corrected chi connectivity index (χ3v) is 4.07. The Morgan fingerprint density at radius 1 is 1.12 bits per heavy atom. The highest BCUT2D eigenvalue weighted by molar-refractivity contribution is 5.36. The molecule has 0 saturated heterocycles. The zero-order valence-corrected chi connectivity index (χ0v) is 9.65. The van der Waals surface area contributed by atoms with Crippen LogP contribution in [0.2, 0.25) is 0 Å². The minimum Gasteiger partial charge on any atom is -0.508 e. The number of hydrogen-bond donors (Lipinski definition) is 1. The summed E-state index contributed by atoms with van der Waals surface area (Å²) in [5, 5.41) is 9.45. The standard InChI is InChI=1S/C14H19NO/c16-14-6-5-12-10-15(8-7-11(12)9-14)13-3-1-2-4-13/h5-6,9,13,16H,1-4,7-8,10H2. The van der Waals surface area contributed by atoms with Crippen molar-refractivity contribution in [1.82, 2.24) is 4.90 Å². The molecule has 86 valence electrons. The molecule has 1 aliphatic heterocycles. The third-order valence-electron chi connectivity index (χ3n) is 4.07. The summed E-state index contributed by atoms with van der Waals surface area (Å²) in [6, 6.07) is 6.66. The van der Waals surface area contributed by atoms with Crippen LogP contribution in [0.25, 0.3) is 0 Å². The van der Waals surface area contributed by atoms with E-state index < -0.39 is 0 Å². The van der Waals surface area contributed by atoms with E-state index in [9.17, 15) is 5.11 Å². The van der Waals surface area contributed by atoms with E-state index in [0.29, 0.717) is 5.75 Å². The molecule has 1 aliphatic carbocycles. The van der Waals surface area contributed by atoms with Gasteiger partial charge in [-0.15, -0.1) is 0 Å². The topological polar surface area (TPSA) is 23.5 Å². The van der Waals surface area contributed by atoms with Crippen molar-refractivity contribution in [3.8, 4) is 5.75 Å². The van der Waals surface area contributed by atoms with Crippen molar-refractivity contribution in [2.45, 2.75) is 44.7 Å². The van der Waals surface area contributed by atoms with E-state index in [4.69, 9.17) is 0 Å². The molecule has 3 rings (SSSR count). The Labute approximate surface area is 96.9 Å². The number of fused-ring (bicyclic) bond motifs is 1. The highest BCUT2D eigenvalue weighted by atomic mass is 16.3. The minimum absolute atomic E-state index is 0.410. The quantitative estimate of drug-likeness (QED) is 0.781. The van der Waals surface area contributed by atoms with Gasteiger partial charge in [0.2, 0.25) is 0 Å². The fraction of sp³-hybridized carbons (Fsp3) is 0.571. The van der Waals surface area contributed by atoms with Crippen molar-refractivity contribution in [3.05, 3.63) is 29.3 Å². The molecule has 0 unspecified atom stereocenters. The average molecular weight is 217 g/mol. The van der Waals surface area contributed by atoms with E-state index in [1.165, 1.54) is 43.4 Å². The SMILES string of the molecule is Oc1ccc2c(c1)CCN(C1CCCC1)C2. The molecule has 1 heterocycles. The maximum Gasteiger partial charge on any atom is 0.115 e. The van der Waals surface area contributed by atoms with Gasteiger partial charge in [0.15, 0.2) is 0 Å². The Balaban J connectivity index is 1.78. The zero-order valence-electron chi connectivity index (χ0n) is 9.65. The van der Waals surface area contributed by atoms with Crippen LogP contribution in [0.15, 0.2) is 18.2 Å². The molecule has 0 spiro atoms. The molecule has 16 heavy (non-hydrogen) atoms. The van der Waals surface area contributed by atoms with Gasteiger partial charge in [-0.2, -0.15) is 0 Å². The summed E-state index contributed by atoms with van der Waals surface area (Å²) in [5.74, 6) is 0.410. The maximum absolute atomic E-state index is 9.45. The fourth-order valence-electron chi connectivity index (χ4n) is 3.14. The van der Waals surface area contributed by atoms with E-state index in [1.807, 2.05) is 12.1 Å². The average Bonchev–Trinajstić information content (AvgIpc) is 2.82. The third kappa shape index (κ3) is 1.82. The second kappa shape index (κ2) is 4.10. The van der Waals surface area contributed by atoms with Gasteiger partial charge < -0.3 is 5.11 Å². The van der Waals surface area contributed by atoms with Gasteiger partial charge in [-0.1, -0.05) is 18.9 Å². The van der Waals surface area contributed by atoms with Crippen molar-refractivity contribution in [2.75, 3.05) is 6.54 Å². The van der Waals surface area contributed by atoms with Crippen LogP contribution in [-0.2, 0) is 13.0 Å². The van der Waals surface area contributed by atoms with Crippen LogP contribution in [0.1, 0.15) is 36.8 Å². The van der Waals surface area contributed by atoms with Crippen LogP contribution in [0.5, 0.6) is 5.75 Å². The number of aromatic hydroxyl groups is 1. The van der Waals surface area contributed by atoms with Crippen LogP contribution >= 0.6 is 0 Å². The zero-order chi connectivity index (χ0) is 11.0. The number of rotatable bonds is 1. The van der Waals surface area contributed by atoms with Crippen LogP contribution in [0.3, 0.4) is 0 Å². The highest BCUT2D eigenvalue weighted by Crippen LogP contribution is 2.29. The maximum atomic E-state index is 9.45. The second-order valence-electron chi connectivity index (χ2n) is 5.11. The molecule has 2 heteroatoms. The van der Waals surface area contributed by atoms with E-state index in [2.05, 4.69) is 11.0 Å². The van der Waals surface area contributed by atoms with Gasteiger partial charge in [0.05, 0.1) is 0 Å². The first-order chi connectivity index (χ1) is 7.83. The smallest absolute Gasteiger partial charge is 0.115 e. The number of phenolic OH excluding ortho intramolecular Hbond substituents is 1. The van der Waals surface area contributed by atoms with Crippen LogP contribution < -0.4 is 0 Å². The highest BCUT2D eigenvalue weighted by Gasteiger charge is 2.25. The lowest BCUT2D eigenvalue weighted by atomic mass is 9.98. The van der Waals surface area contributed by atoms with Gasteiger partial charge in [0.1, 0.15) is 5.75 Å². The van der Waals surface area contributed by atoms with Crippen LogP contribution in [-0.4, -0.2) is 22.6 Å². The first kappa shape index (κ1) is 10.2. The Morgan fingerprint density at radius 3 is 2.75 bits per heavy atom. The predicted molar refractivity (Wildman–Crippen MR) is 64.5 cm³/mol. The lowest BCUT2D eigenvalue weighted by Gasteiger charge is -2.33. The molecule has 0 bridgehead atoms. The first-order valence-corrected chi connectivity index (χ1v) is 6.38. The van der Waals surface area contributed by atoms with E-state index >= 15 is 0 Å². The second-order valence-corrected chi connectivity index (χ2v) is 5.11. The van der Waals surface area contributed by atoms with Gasteiger partial charge in [-0.3, -0.25) is 4.90 Å². The van der Waals surface area contributed by atoms with Crippen LogP contribution in [0, 0.1) is 0 Å². The van der Waals surface area contributed by atoms with Gasteiger partial charge in [-0.25, -0.2) is 0 Å². The van der Waals surface area contributed by atoms with Crippen molar-refractivity contribution >= 4 is 0 Å². The number of nitrogens with zero attached hydrogens (tertiary/aromatic N) is 1. The van der Waals surface area contributed by atoms with Crippen molar-refractivity contribution in [3.63, 3.8) is 0 Å². The molecule has 0 radical (unpaired) electrons. The van der Waals surface area contributed by atoms with E-state index in [0.717, 1.165) is 19.0 Å².